The summed E-state index contributed by atoms with van der Waals surface area (Å²) >= 11 is 0. The third-order valence-electron chi connectivity index (χ3n) is 8.69. The number of hydrogen-bond donors (Lipinski definition) is 0. The highest BCUT2D eigenvalue weighted by atomic mass is 19.1. The molecule has 0 bridgehead atoms. The average Bonchev–Trinajstić information content (AvgIpc) is 3.21. The molecule has 0 aliphatic carbocycles. The van der Waals surface area contributed by atoms with Crippen molar-refractivity contribution in [1.82, 2.24) is 14.5 Å². The normalized spacial score (nSPS) is 20.9. The van der Waals surface area contributed by atoms with Crippen molar-refractivity contribution in [2.75, 3.05) is 31.1 Å². The lowest BCUT2D eigenvalue weighted by Gasteiger charge is -2.60. The highest BCUT2D eigenvalue weighted by Gasteiger charge is 2.56. The molecule has 3 fully saturated rings. The molecule has 5 heterocycles. The molecule has 0 atom stereocenters. The topological polar surface area (TPSA) is 95.4 Å². The second-order valence-electron chi connectivity index (χ2n) is 15.7. The Morgan fingerprint density at radius 2 is 1.44 bits per heavy atom. The number of likely N-dealkylation sites (tertiary alicyclic amines) is 1. The van der Waals surface area contributed by atoms with E-state index in [4.69, 9.17) is 18.8 Å². The lowest BCUT2D eigenvalue weighted by atomic mass is 9.73. The maximum Gasteiger partial charge on any atom is 0.513 e. The van der Waals surface area contributed by atoms with Gasteiger partial charge in [-0.2, -0.15) is 0 Å². The summed E-state index contributed by atoms with van der Waals surface area (Å²) in [6.07, 6.45) is 0.558. The molecule has 1 spiro atoms. The third-order valence-corrected chi connectivity index (χ3v) is 8.69. The van der Waals surface area contributed by atoms with E-state index in [2.05, 4.69) is 4.98 Å². The van der Waals surface area contributed by atoms with Gasteiger partial charge >= 0.3 is 19.3 Å². The first kappa shape index (κ1) is 31.6. The van der Waals surface area contributed by atoms with Gasteiger partial charge in [0.05, 0.1) is 28.5 Å². The Kier molecular flexibility index (Phi) is 7.21. The number of pyridine rings is 1. The Hall–Kier alpha value is -2.86. The molecule has 5 rings (SSSR count). The van der Waals surface area contributed by atoms with Gasteiger partial charge in [0.2, 0.25) is 0 Å². The van der Waals surface area contributed by atoms with E-state index in [-0.39, 0.29) is 23.2 Å². The number of carbonyl (C=O) groups is 2. The molecule has 0 unspecified atom stereocenters. The van der Waals surface area contributed by atoms with Crippen molar-refractivity contribution >= 4 is 41.6 Å². The summed E-state index contributed by atoms with van der Waals surface area (Å²) in [5.41, 5.74) is -1.46. The fourth-order valence-corrected chi connectivity index (χ4v) is 6.10. The van der Waals surface area contributed by atoms with Crippen LogP contribution in [-0.2, 0) is 18.8 Å². The van der Waals surface area contributed by atoms with Crippen molar-refractivity contribution in [1.29, 1.82) is 0 Å². The molecule has 10 nitrogen and oxygen atoms in total. The SMILES string of the molecule is CC(C)c1c(B2OC(C)(C)C(C)(C)O2)n(C(=O)OC(C)(C)C)c2cnc(N3CC4(CN(C(=O)OC(C)(C)C)C4)C3)c(F)c12. The number of nitrogens with zero attached hydrogens (tertiary/aromatic N) is 4. The molecule has 2 aromatic heterocycles. The first-order valence-electron chi connectivity index (χ1n) is 15.1. The molecule has 0 saturated carbocycles. The quantitative estimate of drug-likeness (QED) is 0.430. The van der Waals surface area contributed by atoms with Gasteiger partial charge in [0.1, 0.15) is 11.2 Å². The van der Waals surface area contributed by atoms with E-state index in [1.807, 2.05) is 67.2 Å². The van der Waals surface area contributed by atoms with Gasteiger partial charge in [-0.3, -0.25) is 4.57 Å². The predicted octanol–water partition coefficient (Wildman–Crippen LogP) is 5.44. The maximum atomic E-state index is 16.7. The zero-order valence-electron chi connectivity index (χ0n) is 27.7. The zero-order valence-corrected chi connectivity index (χ0v) is 27.7. The van der Waals surface area contributed by atoms with Crippen molar-refractivity contribution in [3.8, 4) is 0 Å². The van der Waals surface area contributed by atoms with Crippen molar-refractivity contribution in [2.24, 2.45) is 5.41 Å². The Morgan fingerprint density at radius 1 is 0.930 bits per heavy atom. The van der Waals surface area contributed by atoms with Crippen molar-refractivity contribution < 1.29 is 32.8 Å². The largest absolute Gasteiger partial charge is 0.513 e. The minimum absolute atomic E-state index is 0.114. The van der Waals surface area contributed by atoms with Crippen LogP contribution in [0, 0.1) is 11.2 Å². The number of aromatic nitrogens is 2. The van der Waals surface area contributed by atoms with Crippen LogP contribution in [-0.4, -0.2) is 82.3 Å². The number of rotatable bonds is 3. The minimum Gasteiger partial charge on any atom is -0.444 e. The second kappa shape index (κ2) is 9.82. The van der Waals surface area contributed by atoms with Crippen molar-refractivity contribution in [3.63, 3.8) is 0 Å². The van der Waals surface area contributed by atoms with Crippen LogP contribution in [0.1, 0.15) is 94.6 Å². The third kappa shape index (κ3) is 5.49. The molecule has 0 aromatic carbocycles. The number of carbonyl (C=O) groups excluding carboxylic acids is 2. The summed E-state index contributed by atoms with van der Waals surface area (Å²) in [5, 5.41) is 0.306. The molecule has 236 valence electrons. The number of ether oxygens (including phenoxy) is 2. The second-order valence-corrected chi connectivity index (χ2v) is 15.7. The first-order chi connectivity index (χ1) is 19.5. The van der Waals surface area contributed by atoms with E-state index in [0.29, 0.717) is 48.2 Å². The van der Waals surface area contributed by atoms with Crippen molar-refractivity contribution in [3.05, 3.63) is 17.6 Å². The minimum atomic E-state index is -0.925. The standard InChI is InChI=1S/C31H46BFN4O6/c1-18(2)20-21-19(37(26(39)41-28(6,7)8)23(20)32-42-29(9,10)30(11,12)43-32)13-34-24(22(21)33)35-14-31(15-35)16-36(17-31)25(38)40-27(3,4)5/h13,18H,14-17H2,1-12H3. The lowest BCUT2D eigenvalue weighted by molar-refractivity contribution is -0.0456. The highest BCUT2D eigenvalue weighted by Crippen LogP contribution is 2.44. The lowest BCUT2D eigenvalue weighted by Crippen LogP contribution is -2.73. The fourth-order valence-electron chi connectivity index (χ4n) is 6.10. The number of fused-ring (bicyclic) bond motifs is 1. The number of anilines is 1. The van der Waals surface area contributed by atoms with Gasteiger partial charge in [-0.05, 0) is 80.7 Å². The highest BCUT2D eigenvalue weighted by molar-refractivity contribution is 6.63. The molecular weight excluding hydrogens is 554 g/mol. The Morgan fingerprint density at radius 3 is 1.93 bits per heavy atom. The molecule has 12 heteroatoms. The van der Waals surface area contributed by atoms with Gasteiger partial charge in [-0.15, -0.1) is 0 Å². The molecular formula is C31H46BFN4O6. The van der Waals surface area contributed by atoms with Crippen LogP contribution >= 0.6 is 0 Å². The first-order valence-corrected chi connectivity index (χ1v) is 15.1. The van der Waals surface area contributed by atoms with E-state index in [0.717, 1.165) is 0 Å². The fraction of sp³-hybridized carbons (Fsp3) is 0.710. The van der Waals surface area contributed by atoms with Crippen LogP contribution in [0.15, 0.2) is 6.20 Å². The monoisotopic (exact) mass is 600 g/mol. The molecule has 3 saturated heterocycles. The van der Waals surface area contributed by atoms with E-state index < -0.39 is 41.4 Å². The average molecular weight is 601 g/mol. The van der Waals surface area contributed by atoms with Crippen LogP contribution in [0.3, 0.4) is 0 Å². The summed E-state index contributed by atoms with van der Waals surface area (Å²) < 4.78 is 42.1. The van der Waals surface area contributed by atoms with E-state index in [9.17, 15) is 9.59 Å². The Bertz CT molecular complexity index is 1440. The summed E-state index contributed by atoms with van der Waals surface area (Å²) in [5.74, 6) is -0.460. The summed E-state index contributed by atoms with van der Waals surface area (Å²) in [6.45, 7) is 24.8. The number of amides is 1. The van der Waals surface area contributed by atoms with Gasteiger partial charge in [0, 0.05) is 37.0 Å². The Labute approximate surface area is 254 Å². The van der Waals surface area contributed by atoms with Crippen LogP contribution in [0.4, 0.5) is 19.8 Å². The van der Waals surface area contributed by atoms with Gasteiger partial charge in [-0.25, -0.2) is 19.0 Å². The number of halogens is 1. The van der Waals surface area contributed by atoms with E-state index in [1.54, 1.807) is 25.7 Å². The molecule has 43 heavy (non-hydrogen) atoms. The molecule has 3 aliphatic rings. The number of hydrogen-bond acceptors (Lipinski definition) is 8. The van der Waals surface area contributed by atoms with E-state index in [1.165, 1.54) is 10.8 Å². The maximum absolute atomic E-state index is 16.7. The van der Waals surface area contributed by atoms with Gasteiger partial charge < -0.3 is 28.6 Å². The van der Waals surface area contributed by atoms with Crippen LogP contribution < -0.4 is 10.5 Å². The van der Waals surface area contributed by atoms with Crippen molar-refractivity contribution in [2.45, 2.75) is 111 Å². The molecule has 0 N–H and O–H groups in total. The van der Waals surface area contributed by atoms with Crippen LogP contribution in [0.2, 0.25) is 0 Å². The zero-order chi connectivity index (χ0) is 32.1. The summed E-state index contributed by atoms with van der Waals surface area (Å²) in [4.78, 5) is 34.3. The molecule has 2 aromatic rings. The molecule has 3 aliphatic heterocycles. The van der Waals surface area contributed by atoms with E-state index >= 15 is 4.39 Å². The summed E-state index contributed by atoms with van der Waals surface area (Å²) in [6, 6.07) is 0. The summed E-state index contributed by atoms with van der Waals surface area (Å²) in [7, 11) is -0.925. The van der Waals surface area contributed by atoms with Gasteiger partial charge in [0.15, 0.2) is 11.6 Å². The molecule has 0 radical (unpaired) electrons. The van der Waals surface area contributed by atoms with Gasteiger partial charge in [-0.1, -0.05) is 13.8 Å². The Balaban J connectivity index is 1.52. The van der Waals surface area contributed by atoms with Gasteiger partial charge in [0.25, 0.3) is 0 Å². The molecule has 1 amide bonds. The smallest absolute Gasteiger partial charge is 0.444 e. The van der Waals surface area contributed by atoms with Crippen LogP contribution in [0.5, 0.6) is 0 Å². The predicted molar refractivity (Wildman–Crippen MR) is 164 cm³/mol. The van der Waals surface area contributed by atoms with Crippen LogP contribution in [0.25, 0.3) is 10.9 Å².